The van der Waals surface area contributed by atoms with E-state index in [2.05, 4.69) is 9.97 Å². The second-order valence-corrected chi connectivity index (χ2v) is 16.5. The molecule has 0 amide bonds. The molecule has 0 spiro atoms. The van der Waals surface area contributed by atoms with Crippen LogP contribution >= 0.6 is 15.2 Å². The van der Waals surface area contributed by atoms with E-state index in [0.717, 1.165) is 6.26 Å². The number of nitrogens with zero attached hydrogens (tertiary/aromatic N) is 2. The van der Waals surface area contributed by atoms with Crippen molar-refractivity contribution in [1.29, 1.82) is 0 Å². The molecule has 0 radical (unpaired) electrons. The molecular formula is C25H48N2O13P2S. The van der Waals surface area contributed by atoms with E-state index in [1.54, 1.807) is 62.3 Å². The Bertz CT molecular complexity index is 1150. The quantitative estimate of drug-likeness (QED) is 0.134. The minimum atomic E-state index is -3.87. The fourth-order valence-electron chi connectivity index (χ4n) is 3.15. The van der Waals surface area contributed by atoms with Gasteiger partial charge in [-0.3, -0.25) is 9.13 Å². The maximum atomic E-state index is 13.0. The Labute approximate surface area is 255 Å². The molecule has 2 atom stereocenters. The zero-order valence-electron chi connectivity index (χ0n) is 26.6. The third-order valence-corrected chi connectivity index (χ3v) is 9.30. The fraction of sp³-hybridized carbons (Fsp3) is 0.840. The van der Waals surface area contributed by atoms with Crippen LogP contribution in [0.25, 0.3) is 0 Å². The van der Waals surface area contributed by atoms with Crippen LogP contribution in [0.3, 0.4) is 0 Å². The summed E-state index contributed by atoms with van der Waals surface area (Å²) in [6.07, 6.45) is -2.94. The summed E-state index contributed by atoms with van der Waals surface area (Å²) in [6, 6.07) is 1.25. The van der Waals surface area contributed by atoms with Gasteiger partial charge in [-0.15, -0.1) is 0 Å². The number of aliphatic hydroxyl groups excluding tert-OH is 1. The van der Waals surface area contributed by atoms with Crippen LogP contribution in [0.15, 0.2) is 11.2 Å². The van der Waals surface area contributed by atoms with E-state index in [0.29, 0.717) is 0 Å². The largest absolute Gasteiger partial charge is 0.475 e. The molecular weight excluding hydrogens is 630 g/mol. The molecule has 0 saturated carbocycles. The lowest BCUT2D eigenvalue weighted by atomic mass is 10.4. The van der Waals surface area contributed by atoms with Gasteiger partial charge in [0.15, 0.2) is 0 Å². The van der Waals surface area contributed by atoms with Crippen molar-refractivity contribution in [2.75, 3.05) is 38.8 Å². The summed E-state index contributed by atoms with van der Waals surface area (Å²) < 4.78 is 94.6. The van der Waals surface area contributed by atoms with E-state index in [1.807, 2.05) is 0 Å². The van der Waals surface area contributed by atoms with Crippen LogP contribution in [0, 0.1) is 0 Å². The number of hydrogen-bond acceptors (Lipinski definition) is 15. The lowest BCUT2D eigenvalue weighted by Crippen LogP contribution is -2.27. The van der Waals surface area contributed by atoms with Crippen LogP contribution in [-0.4, -0.2) is 98.9 Å². The second-order valence-electron chi connectivity index (χ2n) is 10.8. The maximum Gasteiger partial charge on any atom is 0.356 e. The molecule has 0 bridgehead atoms. The van der Waals surface area contributed by atoms with Crippen LogP contribution in [-0.2, 0) is 46.5 Å². The topological polar surface area (TPSA) is 188 Å². The molecule has 1 aromatic heterocycles. The summed E-state index contributed by atoms with van der Waals surface area (Å²) in [5, 5.41) is 9.21. The predicted molar refractivity (Wildman–Crippen MR) is 158 cm³/mol. The molecule has 0 aliphatic heterocycles. The highest BCUT2D eigenvalue weighted by molar-refractivity contribution is 7.90. The molecule has 0 saturated heterocycles. The Hall–Kier alpha value is -1.19. The maximum absolute atomic E-state index is 13.0. The third-order valence-electron chi connectivity index (χ3n) is 4.55. The van der Waals surface area contributed by atoms with Crippen molar-refractivity contribution in [2.24, 2.45) is 0 Å². The van der Waals surface area contributed by atoms with Gasteiger partial charge in [-0.25, -0.2) is 8.42 Å². The van der Waals surface area contributed by atoms with Crippen LogP contribution in [0.2, 0.25) is 0 Å². The number of aromatic nitrogens is 2. The van der Waals surface area contributed by atoms with Gasteiger partial charge in [-0.05, 0) is 62.3 Å². The van der Waals surface area contributed by atoms with Crippen LogP contribution in [0.1, 0.15) is 62.3 Å². The smallest absolute Gasteiger partial charge is 0.356 e. The first kappa shape index (κ1) is 39.8. The van der Waals surface area contributed by atoms with Crippen LogP contribution in [0.4, 0.5) is 0 Å². The molecule has 0 aliphatic carbocycles. The summed E-state index contributed by atoms with van der Waals surface area (Å²) in [5.74, 6) is -0.316. The Kier molecular flexibility index (Phi) is 16.7. The van der Waals surface area contributed by atoms with Gasteiger partial charge in [0.05, 0.1) is 43.2 Å². The number of hydrogen-bond donors (Lipinski definition) is 1. The summed E-state index contributed by atoms with van der Waals surface area (Å²) in [7, 11) is -11.1. The minimum absolute atomic E-state index is 0.105. The highest BCUT2D eigenvalue weighted by atomic mass is 32.2. The molecule has 43 heavy (non-hydrogen) atoms. The Morgan fingerprint density at radius 2 is 1.12 bits per heavy atom. The van der Waals surface area contributed by atoms with Gasteiger partial charge in [0.1, 0.15) is 32.0 Å². The van der Waals surface area contributed by atoms with Crippen molar-refractivity contribution in [1.82, 2.24) is 9.97 Å². The zero-order chi connectivity index (χ0) is 33.0. The van der Waals surface area contributed by atoms with Gasteiger partial charge >= 0.3 is 15.2 Å². The molecule has 252 valence electrons. The van der Waals surface area contributed by atoms with Gasteiger partial charge in [-0.2, -0.15) is 9.97 Å². The normalized spacial score (nSPS) is 14.6. The summed E-state index contributed by atoms with van der Waals surface area (Å²) >= 11 is 0. The van der Waals surface area contributed by atoms with E-state index in [4.69, 9.17) is 37.0 Å². The van der Waals surface area contributed by atoms with E-state index in [9.17, 15) is 22.7 Å². The van der Waals surface area contributed by atoms with E-state index >= 15 is 0 Å². The second kappa shape index (κ2) is 18.1. The third kappa shape index (κ3) is 16.6. The minimum Gasteiger partial charge on any atom is -0.475 e. The first-order valence-electron chi connectivity index (χ1n) is 13.9. The van der Waals surface area contributed by atoms with Gasteiger partial charge in [0.2, 0.25) is 21.6 Å². The highest BCUT2D eigenvalue weighted by Gasteiger charge is 2.31. The Morgan fingerprint density at radius 1 is 0.721 bits per heavy atom. The van der Waals surface area contributed by atoms with Gasteiger partial charge in [-0.1, -0.05) is 0 Å². The van der Waals surface area contributed by atoms with Gasteiger partial charge in [0.25, 0.3) is 5.16 Å². The summed E-state index contributed by atoms with van der Waals surface area (Å²) in [6.45, 7) is 14.5. The van der Waals surface area contributed by atoms with Gasteiger partial charge < -0.3 is 42.1 Å². The average molecular weight is 679 g/mol. The molecule has 15 nitrogen and oxygen atoms in total. The van der Waals surface area contributed by atoms with E-state index < -0.39 is 67.6 Å². The van der Waals surface area contributed by atoms with E-state index in [-0.39, 0.29) is 43.5 Å². The first-order chi connectivity index (χ1) is 19.8. The van der Waals surface area contributed by atoms with Crippen molar-refractivity contribution >= 4 is 25.0 Å². The number of sulfone groups is 1. The van der Waals surface area contributed by atoms with Crippen LogP contribution < -0.4 is 9.47 Å². The standard InChI is InChI=1S/C25H48N2O13P2S/c1-17(2)37-41(29,38-18(3)4)15-35-21(9)13-33-23-11-24(27-25(26-23)43(10,31)32)34-14-22(12-28)36-16-42(30,39-19(5)6)40-20(7)8/h11,17-22,28H,12-16H2,1-10H3/t21-,22+/m1/s1. The van der Waals surface area contributed by atoms with Crippen molar-refractivity contribution in [3.05, 3.63) is 6.07 Å². The molecule has 18 heteroatoms. The lowest BCUT2D eigenvalue weighted by Gasteiger charge is -2.24. The zero-order valence-corrected chi connectivity index (χ0v) is 29.2. The average Bonchev–Trinajstić information content (AvgIpc) is 2.83. The van der Waals surface area contributed by atoms with Crippen molar-refractivity contribution in [3.63, 3.8) is 0 Å². The Balaban J connectivity index is 2.93. The summed E-state index contributed by atoms with van der Waals surface area (Å²) in [4.78, 5) is 7.83. The van der Waals surface area contributed by atoms with Crippen molar-refractivity contribution in [2.45, 2.75) is 104 Å². The molecule has 1 heterocycles. The molecule has 0 aromatic carbocycles. The van der Waals surface area contributed by atoms with Gasteiger partial charge in [0, 0.05) is 6.26 Å². The molecule has 0 unspecified atom stereocenters. The molecule has 0 fully saturated rings. The summed E-state index contributed by atoms with van der Waals surface area (Å²) in [5.41, 5.74) is 0. The Morgan fingerprint density at radius 3 is 1.49 bits per heavy atom. The molecule has 0 aliphatic rings. The van der Waals surface area contributed by atoms with E-state index in [1.165, 1.54) is 6.07 Å². The lowest BCUT2D eigenvalue weighted by molar-refractivity contribution is -0.00631. The highest BCUT2D eigenvalue weighted by Crippen LogP contribution is 2.51. The number of rotatable bonds is 22. The van der Waals surface area contributed by atoms with Crippen molar-refractivity contribution in [3.8, 4) is 11.8 Å². The SMILES string of the molecule is CC(C)OP(=O)(CO[C@@H](CO)COc1cc(OC[C@@H](C)OCP(=O)(OC(C)C)OC(C)C)nc(S(C)(=O)=O)n1)OC(C)C. The number of aliphatic hydroxyl groups is 1. The van der Waals surface area contributed by atoms with Crippen molar-refractivity contribution < 1.29 is 59.7 Å². The van der Waals surface area contributed by atoms with Crippen LogP contribution in [0.5, 0.6) is 11.8 Å². The molecule has 1 rings (SSSR count). The fourth-order valence-corrected chi connectivity index (χ4v) is 7.41. The molecule has 1 N–H and O–H groups in total. The first-order valence-corrected chi connectivity index (χ1v) is 19.2. The number of ether oxygens (including phenoxy) is 4. The predicted octanol–water partition coefficient (Wildman–Crippen LogP) is 4.42. The monoisotopic (exact) mass is 678 g/mol. The molecule has 1 aromatic rings.